The monoisotopic (exact) mass is 379 g/mol. The van der Waals surface area contributed by atoms with Crippen LogP contribution in [0.5, 0.6) is 5.75 Å². The second-order valence-corrected chi connectivity index (χ2v) is 7.30. The summed E-state index contributed by atoms with van der Waals surface area (Å²) in [4.78, 5) is 0. The van der Waals surface area contributed by atoms with Crippen LogP contribution in [-0.4, -0.2) is 21.0 Å². The molecule has 1 atom stereocenters. The van der Waals surface area contributed by atoms with E-state index in [0.717, 1.165) is 28.3 Å². The molecule has 148 valence electrons. The average molecular weight is 380 g/mol. The summed E-state index contributed by atoms with van der Waals surface area (Å²) in [5, 5.41) is 17.8. The van der Waals surface area contributed by atoms with E-state index < -0.39 is 0 Å². The number of hydrogen-bond acceptors (Lipinski definition) is 4. The lowest BCUT2D eigenvalue weighted by Crippen LogP contribution is -2.19. The van der Waals surface area contributed by atoms with Gasteiger partial charge >= 0.3 is 0 Å². The molecule has 0 spiro atoms. The number of aromatic nitrogens is 2. The van der Waals surface area contributed by atoms with Gasteiger partial charge in [0.1, 0.15) is 5.75 Å². The molecule has 0 amide bonds. The second-order valence-electron chi connectivity index (χ2n) is 7.30. The fourth-order valence-electron chi connectivity index (χ4n) is 3.29. The Bertz CT molecular complexity index is 903. The highest BCUT2D eigenvalue weighted by Crippen LogP contribution is 2.23. The molecule has 0 aliphatic rings. The molecular weight excluding hydrogens is 350 g/mol. The minimum absolute atomic E-state index is 0.0333. The lowest BCUT2D eigenvalue weighted by atomic mass is 10.1. The van der Waals surface area contributed by atoms with Gasteiger partial charge in [0.25, 0.3) is 0 Å². The van der Waals surface area contributed by atoms with E-state index in [1.165, 1.54) is 5.56 Å². The van der Waals surface area contributed by atoms with Crippen LogP contribution in [0.2, 0.25) is 0 Å². The summed E-state index contributed by atoms with van der Waals surface area (Å²) in [6, 6.07) is 16.3. The number of rotatable bonds is 8. The molecule has 1 unspecified atom stereocenters. The Balaban J connectivity index is 1.69. The minimum Gasteiger partial charge on any atom is -0.491 e. The summed E-state index contributed by atoms with van der Waals surface area (Å²) in [6.07, 6.45) is 2.01. The molecule has 28 heavy (non-hydrogen) atoms. The molecule has 1 aromatic heterocycles. The first-order valence-corrected chi connectivity index (χ1v) is 9.72. The van der Waals surface area contributed by atoms with Gasteiger partial charge < -0.3 is 15.2 Å². The Labute approximate surface area is 167 Å². The van der Waals surface area contributed by atoms with Crippen LogP contribution in [0.25, 0.3) is 5.69 Å². The molecule has 5 heteroatoms. The number of para-hydroxylation sites is 1. The highest BCUT2D eigenvalue weighted by Gasteiger charge is 2.14. The predicted octanol–water partition coefficient (Wildman–Crippen LogP) is 4.31. The van der Waals surface area contributed by atoms with E-state index in [9.17, 15) is 5.11 Å². The van der Waals surface area contributed by atoms with E-state index in [1.807, 2.05) is 61.1 Å². The number of benzene rings is 2. The first-order chi connectivity index (χ1) is 13.5. The Morgan fingerprint density at radius 1 is 1.11 bits per heavy atom. The summed E-state index contributed by atoms with van der Waals surface area (Å²) in [6.45, 7) is 8.87. The van der Waals surface area contributed by atoms with Gasteiger partial charge in [0.05, 0.1) is 24.6 Å². The van der Waals surface area contributed by atoms with Crippen LogP contribution in [0.3, 0.4) is 0 Å². The summed E-state index contributed by atoms with van der Waals surface area (Å²) in [5.74, 6) is 0.745. The van der Waals surface area contributed by atoms with Crippen molar-refractivity contribution in [1.29, 1.82) is 0 Å². The van der Waals surface area contributed by atoms with Gasteiger partial charge in [-0.15, -0.1) is 0 Å². The molecule has 3 aromatic rings. The minimum atomic E-state index is -0.0333. The summed E-state index contributed by atoms with van der Waals surface area (Å²) < 4.78 is 7.72. The van der Waals surface area contributed by atoms with Crippen molar-refractivity contribution in [2.45, 2.75) is 53.0 Å². The SMILES string of the molecule is Cc1c(C(C)NCc2ccc(OC(C)C)c(CO)c2)cnn1-c1ccccc1. The maximum atomic E-state index is 9.65. The molecule has 2 aromatic carbocycles. The standard InChI is InChI=1S/C23H29N3O2/c1-16(2)28-23-11-10-19(12-20(23)15-27)13-24-17(3)22-14-25-26(18(22)4)21-8-6-5-7-9-21/h5-12,14,16-17,24,27H,13,15H2,1-4H3. The Kier molecular flexibility index (Phi) is 6.49. The van der Waals surface area contributed by atoms with Crippen molar-refractivity contribution < 1.29 is 9.84 Å². The Hall–Kier alpha value is -2.63. The van der Waals surface area contributed by atoms with Gasteiger partial charge in [0.2, 0.25) is 0 Å². The third-order valence-corrected chi connectivity index (χ3v) is 4.79. The quantitative estimate of drug-likeness (QED) is 0.612. The first kappa shape index (κ1) is 20.1. The van der Waals surface area contributed by atoms with Crippen molar-refractivity contribution in [3.05, 3.63) is 77.1 Å². The van der Waals surface area contributed by atoms with Gasteiger partial charge in [0.15, 0.2) is 0 Å². The molecule has 0 aliphatic heterocycles. The molecule has 2 N–H and O–H groups in total. The summed E-state index contributed by atoms with van der Waals surface area (Å²) in [5.41, 5.74) is 5.29. The third kappa shape index (κ3) is 4.61. The molecule has 0 radical (unpaired) electrons. The van der Waals surface area contributed by atoms with Gasteiger partial charge in [-0.3, -0.25) is 0 Å². The smallest absolute Gasteiger partial charge is 0.125 e. The van der Waals surface area contributed by atoms with Gasteiger partial charge in [-0.05, 0) is 57.5 Å². The number of ether oxygens (including phenoxy) is 1. The van der Waals surface area contributed by atoms with E-state index >= 15 is 0 Å². The summed E-state index contributed by atoms with van der Waals surface area (Å²) in [7, 11) is 0. The van der Waals surface area contributed by atoms with E-state index in [2.05, 4.69) is 36.4 Å². The Morgan fingerprint density at radius 3 is 2.54 bits per heavy atom. The first-order valence-electron chi connectivity index (χ1n) is 9.72. The van der Waals surface area contributed by atoms with Crippen LogP contribution in [0.15, 0.2) is 54.7 Å². The summed E-state index contributed by atoms with van der Waals surface area (Å²) >= 11 is 0. The third-order valence-electron chi connectivity index (χ3n) is 4.79. The van der Waals surface area contributed by atoms with Crippen molar-refractivity contribution in [2.24, 2.45) is 0 Å². The average Bonchev–Trinajstić information content (AvgIpc) is 3.08. The molecule has 0 fully saturated rings. The van der Waals surface area contributed by atoms with Crippen molar-refractivity contribution in [1.82, 2.24) is 15.1 Å². The maximum absolute atomic E-state index is 9.65. The normalized spacial score (nSPS) is 12.4. The molecule has 0 aliphatic carbocycles. The van der Waals surface area contributed by atoms with Crippen molar-refractivity contribution in [2.75, 3.05) is 0 Å². The van der Waals surface area contributed by atoms with Crippen LogP contribution < -0.4 is 10.1 Å². The van der Waals surface area contributed by atoms with Crippen molar-refractivity contribution in [3.63, 3.8) is 0 Å². The molecular formula is C23H29N3O2. The number of aliphatic hydroxyl groups is 1. The Morgan fingerprint density at radius 2 is 1.86 bits per heavy atom. The zero-order valence-electron chi connectivity index (χ0n) is 17.0. The van der Waals surface area contributed by atoms with E-state index in [-0.39, 0.29) is 18.8 Å². The molecule has 3 rings (SSSR count). The van der Waals surface area contributed by atoms with Gasteiger partial charge in [0, 0.05) is 29.4 Å². The fraction of sp³-hybridized carbons (Fsp3) is 0.348. The number of nitrogens with one attached hydrogen (secondary N) is 1. The molecule has 5 nitrogen and oxygen atoms in total. The van der Waals surface area contributed by atoms with Gasteiger partial charge in [-0.2, -0.15) is 5.10 Å². The van der Waals surface area contributed by atoms with Crippen LogP contribution >= 0.6 is 0 Å². The van der Waals surface area contributed by atoms with Crippen molar-refractivity contribution >= 4 is 0 Å². The molecule has 1 heterocycles. The molecule has 0 saturated carbocycles. The fourth-order valence-corrected chi connectivity index (χ4v) is 3.29. The largest absolute Gasteiger partial charge is 0.491 e. The van der Waals surface area contributed by atoms with E-state index in [1.54, 1.807) is 0 Å². The predicted molar refractivity (Wildman–Crippen MR) is 112 cm³/mol. The van der Waals surface area contributed by atoms with Gasteiger partial charge in [-0.1, -0.05) is 24.3 Å². The number of aliphatic hydroxyl groups excluding tert-OH is 1. The maximum Gasteiger partial charge on any atom is 0.125 e. The number of hydrogen-bond donors (Lipinski definition) is 2. The zero-order chi connectivity index (χ0) is 20.1. The van der Waals surface area contributed by atoms with Crippen LogP contribution in [0.1, 0.15) is 49.2 Å². The number of nitrogens with zero attached hydrogens (tertiary/aromatic N) is 2. The van der Waals surface area contributed by atoms with E-state index in [0.29, 0.717) is 6.54 Å². The topological polar surface area (TPSA) is 59.3 Å². The highest BCUT2D eigenvalue weighted by atomic mass is 16.5. The van der Waals surface area contributed by atoms with Crippen molar-refractivity contribution in [3.8, 4) is 11.4 Å². The molecule has 0 bridgehead atoms. The van der Waals surface area contributed by atoms with Gasteiger partial charge in [-0.25, -0.2) is 4.68 Å². The van der Waals surface area contributed by atoms with Crippen LogP contribution in [0.4, 0.5) is 0 Å². The molecule has 0 saturated heterocycles. The lowest BCUT2D eigenvalue weighted by molar-refractivity contribution is 0.225. The van der Waals surface area contributed by atoms with Crippen LogP contribution in [-0.2, 0) is 13.2 Å². The zero-order valence-corrected chi connectivity index (χ0v) is 17.0. The lowest BCUT2D eigenvalue weighted by Gasteiger charge is -2.17. The second kappa shape index (κ2) is 9.04. The highest BCUT2D eigenvalue weighted by molar-refractivity contribution is 5.38. The van der Waals surface area contributed by atoms with Crippen LogP contribution in [0, 0.1) is 6.92 Å². The van der Waals surface area contributed by atoms with E-state index in [4.69, 9.17) is 4.74 Å².